The molecule has 0 aromatic heterocycles. The zero-order valence-corrected chi connectivity index (χ0v) is 9.92. The van der Waals surface area contributed by atoms with Gasteiger partial charge in [-0.25, -0.2) is 0 Å². The Morgan fingerprint density at radius 3 is 1.93 bits per heavy atom. The number of hydrogen-bond donors (Lipinski definition) is 1. The predicted molar refractivity (Wildman–Crippen MR) is 53.9 cm³/mol. The van der Waals surface area contributed by atoms with Gasteiger partial charge >= 0.3 is 0 Å². The summed E-state index contributed by atoms with van der Waals surface area (Å²) < 4.78 is 25.9. The van der Waals surface area contributed by atoms with Crippen molar-refractivity contribution in [2.75, 3.05) is 28.2 Å². The maximum Gasteiger partial charge on any atom is 0.279 e. The lowest BCUT2D eigenvalue weighted by molar-refractivity contribution is -0.130. The van der Waals surface area contributed by atoms with Crippen molar-refractivity contribution < 1.29 is 13.2 Å². The second-order valence-corrected chi connectivity index (χ2v) is 5.28. The zero-order chi connectivity index (χ0) is 11.5. The molecule has 0 aromatic carbocycles. The van der Waals surface area contributed by atoms with E-state index in [-0.39, 0.29) is 5.91 Å². The first-order chi connectivity index (χ1) is 6.18. The summed E-state index contributed by atoms with van der Waals surface area (Å²) in [4.78, 5) is 12.7. The summed E-state index contributed by atoms with van der Waals surface area (Å²) in [5.74, 6) is -0.282. The molecule has 6 nitrogen and oxygen atoms in total. The van der Waals surface area contributed by atoms with Crippen molar-refractivity contribution in [3.05, 3.63) is 0 Å². The molecule has 1 amide bonds. The molecule has 7 heteroatoms. The summed E-state index contributed by atoms with van der Waals surface area (Å²) in [7, 11) is 2.40. The van der Waals surface area contributed by atoms with Crippen LogP contribution < -0.4 is 4.72 Å². The van der Waals surface area contributed by atoms with Crippen molar-refractivity contribution >= 4 is 16.1 Å². The van der Waals surface area contributed by atoms with Gasteiger partial charge in [0.15, 0.2) is 0 Å². The van der Waals surface area contributed by atoms with E-state index in [9.17, 15) is 13.2 Å². The predicted octanol–water partition coefficient (Wildman–Crippen LogP) is -1.14. The van der Waals surface area contributed by atoms with E-state index < -0.39 is 16.3 Å². The van der Waals surface area contributed by atoms with Gasteiger partial charge in [-0.1, -0.05) is 0 Å². The third kappa shape index (κ3) is 3.60. The number of likely N-dealkylation sites (N-methyl/N-ethyl adjacent to an activating group) is 1. The van der Waals surface area contributed by atoms with E-state index in [2.05, 4.69) is 4.72 Å². The average molecular weight is 223 g/mol. The van der Waals surface area contributed by atoms with Gasteiger partial charge in [0.2, 0.25) is 5.91 Å². The lowest BCUT2D eigenvalue weighted by atomic mass is 10.3. The fraction of sp³-hybridized carbons (Fsp3) is 0.857. The monoisotopic (exact) mass is 223 g/mol. The fourth-order valence-electron chi connectivity index (χ4n) is 0.767. The largest absolute Gasteiger partial charge is 0.347 e. The van der Waals surface area contributed by atoms with Crippen LogP contribution in [0.4, 0.5) is 0 Å². The SMILES string of the molecule is C[C@@H](NS(=O)(=O)N(C)C)C(=O)N(C)C. The highest BCUT2D eigenvalue weighted by atomic mass is 32.2. The van der Waals surface area contributed by atoms with Crippen LogP contribution in [0.5, 0.6) is 0 Å². The molecule has 1 atom stereocenters. The fourth-order valence-corrected chi connectivity index (χ4v) is 1.52. The normalized spacial score (nSPS) is 14.1. The zero-order valence-electron chi connectivity index (χ0n) is 9.10. The third-order valence-corrected chi connectivity index (χ3v) is 3.23. The van der Waals surface area contributed by atoms with Crippen molar-refractivity contribution in [1.82, 2.24) is 13.9 Å². The highest BCUT2D eigenvalue weighted by Crippen LogP contribution is 1.95. The van der Waals surface area contributed by atoms with Crippen LogP contribution in [-0.4, -0.2) is 57.8 Å². The van der Waals surface area contributed by atoms with E-state index >= 15 is 0 Å². The molecule has 0 bridgehead atoms. The summed E-state index contributed by atoms with van der Waals surface area (Å²) in [6.07, 6.45) is 0. The van der Waals surface area contributed by atoms with E-state index in [1.807, 2.05) is 0 Å². The molecule has 0 rings (SSSR count). The number of nitrogens with one attached hydrogen (secondary N) is 1. The Labute approximate surface area is 85.1 Å². The van der Waals surface area contributed by atoms with Crippen molar-refractivity contribution in [3.8, 4) is 0 Å². The average Bonchev–Trinajstić information content (AvgIpc) is 2.01. The van der Waals surface area contributed by atoms with Gasteiger partial charge in [0.05, 0.1) is 6.04 Å². The van der Waals surface area contributed by atoms with Crippen LogP contribution in [0.2, 0.25) is 0 Å². The van der Waals surface area contributed by atoms with Crippen molar-refractivity contribution in [2.45, 2.75) is 13.0 Å². The molecule has 0 radical (unpaired) electrons. The molecule has 84 valence electrons. The van der Waals surface area contributed by atoms with E-state index in [1.165, 1.54) is 25.9 Å². The number of nitrogens with zero attached hydrogens (tertiary/aromatic N) is 2. The summed E-state index contributed by atoms with van der Waals surface area (Å²) >= 11 is 0. The van der Waals surface area contributed by atoms with Crippen LogP contribution in [0.1, 0.15) is 6.92 Å². The molecule has 1 N–H and O–H groups in total. The first-order valence-corrected chi connectivity index (χ1v) is 5.53. The molecule has 0 fully saturated rings. The Hall–Kier alpha value is -0.660. The van der Waals surface area contributed by atoms with E-state index in [0.29, 0.717) is 0 Å². The van der Waals surface area contributed by atoms with E-state index in [1.54, 1.807) is 14.1 Å². The molecule has 0 aliphatic rings. The summed E-state index contributed by atoms with van der Waals surface area (Å²) in [5.41, 5.74) is 0. The minimum atomic E-state index is -3.54. The molecule has 0 saturated carbocycles. The first kappa shape index (κ1) is 13.3. The van der Waals surface area contributed by atoms with Crippen LogP contribution in [-0.2, 0) is 15.0 Å². The molecule has 0 aliphatic carbocycles. The Morgan fingerprint density at radius 2 is 1.64 bits per heavy atom. The van der Waals surface area contributed by atoms with Gasteiger partial charge < -0.3 is 4.90 Å². The second kappa shape index (κ2) is 4.72. The smallest absolute Gasteiger partial charge is 0.279 e. The van der Waals surface area contributed by atoms with Gasteiger partial charge in [-0.2, -0.15) is 17.4 Å². The molecule has 0 aliphatic heterocycles. The van der Waals surface area contributed by atoms with Gasteiger partial charge in [-0.15, -0.1) is 0 Å². The van der Waals surface area contributed by atoms with Crippen LogP contribution in [0.25, 0.3) is 0 Å². The van der Waals surface area contributed by atoms with Gasteiger partial charge in [-0.05, 0) is 6.92 Å². The minimum absolute atomic E-state index is 0.282. The van der Waals surface area contributed by atoms with Crippen molar-refractivity contribution in [3.63, 3.8) is 0 Å². The first-order valence-electron chi connectivity index (χ1n) is 4.09. The topological polar surface area (TPSA) is 69.7 Å². The highest BCUT2D eigenvalue weighted by Gasteiger charge is 2.22. The van der Waals surface area contributed by atoms with Crippen LogP contribution in [0, 0.1) is 0 Å². The third-order valence-electron chi connectivity index (χ3n) is 1.62. The maximum absolute atomic E-state index is 11.3. The molecule has 0 aromatic rings. The number of rotatable bonds is 4. The van der Waals surface area contributed by atoms with Crippen LogP contribution >= 0.6 is 0 Å². The quantitative estimate of drug-likeness (QED) is 0.655. The molecular weight excluding hydrogens is 206 g/mol. The Bertz CT molecular complexity index is 297. The number of carbonyl (C=O) groups excluding carboxylic acids is 1. The van der Waals surface area contributed by atoms with Gasteiger partial charge in [0.25, 0.3) is 10.2 Å². The van der Waals surface area contributed by atoms with Crippen LogP contribution in [0.3, 0.4) is 0 Å². The molecule has 0 saturated heterocycles. The maximum atomic E-state index is 11.3. The Balaban J connectivity index is 4.49. The molecular formula is C7H17N3O3S. The standard InChI is InChI=1S/C7H17N3O3S/c1-6(7(11)9(2)3)8-14(12,13)10(4)5/h6,8H,1-5H3/t6-/m1/s1. The molecule has 0 spiro atoms. The number of carbonyl (C=O) groups is 1. The lowest BCUT2D eigenvalue weighted by Crippen LogP contribution is -2.47. The van der Waals surface area contributed by atoms with E-state index in [0.717, 1.165) is 4.31 Å². The molecule has 0 unspecified atom stereocenters. The van der Waals surface area contributed by atoms with Gasteiger partial charge in [0.1, 0.15) is 0 Å². The van der Waals surface area contributed by atoms with Crippen molar-refractivity contribution in [2.24, 2.45) is 0 Å². The second-order valence-electron chi connectivity index (χ2n) is 3.36. The lowest BCUT2D eigenvalue weighted by Gasteiger charge is -2.20. The van der Waals surface area contributed by atoms with Gasteiger partial charge in [-0.3, -0.25) is 4.79 Å². The number of hydrogen-bond acceptors (Lipinski definition) is 3. The van der Waals surface area contributed by atoms with E-state index in [4.69, 9.17) is 0 Å². The minimum Gasteiger partial charge on any atom is -0.347 e. The Morgan fingerprint density at radius 1 is 1.21 bits per heavy atom. The van der Waals surface area contributed by atoms with Crippen molar-refractivity contribution in [1.29, 1.82) is 0 Å². The van der Waals surface area contributed by atoms with Gasteiger partial charge in [0, 0.05) is 28.2 Å². The number of amides is 1. The Kier molecular flexibility index (Phi) is 4.50. The van der Waals surface area contributed by atoms with Crippen LogP contribution in [0.15, 0.2) is 0 Å². The summed E-state index contributed by atoms with van der Waals surface area (Å²) in [5, 5.41) is 0. The summed E-state index contributed by atoms with van der Waals surface area (Å²) in [6.45, 7) is 1.50. The highest BCUT2D eigenvalue weighted by molar-refractivity contribution is 7.87. The molecule has 14 heavy (non-hydrogen) atoms. The molecule has 0 heterocycles. The summed E-state index contributed by atoms with van der Waals surface area (Å²) in [6, 6.07) is -0.752.